The number of sulfonamides is 1. The second-order valence-corrected chi connectivity index (χ2v) is 10.5. The molecule has 1 unspecified atom stereocenters. The summed E-state index contributed by atoms with van der Waals surface area (Å²) in [6, 6.07) is 5.83. The Morgan fingerprint density at radius 3 is 2.21 bits per heavy atom. The zero-order valence-corrected chi connectivity index (χ0v) is 15.5. The summed E-state index contributed by atoms with van der Waals surface area (Å²) in [5.74, 6) is 0. The first kappa shape index (κ1) is 17.8. The van der Waals surface area contributed by atoms with Gasteiger partial charge in [-0.3, -0.25) is 0 Å². The first-order valence-electron chi connectivity index (χ1n) is 8.33. The van der Waals surface area contributed by atoms with E-state index in [9.17, 15) is 16.8 Å². The van der Waals surface area contributed by atoms with Crippen LogP contribution < -0.4 is 0 Å². The molecule has 0 aromatic heterocycles. The SMILES string of the molecule is CS(=O)(=O)c1ccccc1S(=O)(=O)N1CCCC1CN1CCCC1. The molecule has 24 heavy (non-hydrogen) atoms. The lowest BCUT2D eigenvalue weighted by atomic mass is 10.2. The summed E-state index contributed by atoms with van der Waals surface area (Å²) in [7, 11) is -7.42. The smallest absolute Gasteiger partial charge is 0.244 e. The van der Waals surface area contributed by atoms with Gasteiger partial charge in [0.05, 0.1) is 4.90 Å². The van der Waals surface area contributed by atoms with Crippen LogP contribution in [0.25, 0.3) is 0 Å². The molecular weight excluding hydrogens is 348 g/mol. The van der Waals surface area contributed by atoms with Gasteiger partial charge in [-0.15, -0.1) is 0 Å². The van der Waals surface area contributed by atoms with Crippen molar-refractivity contribution in [1.29, 1.82) is 0 Å². The van der Waals surface area contributed by atoms with E-state index in [0.29, 0.717) is 6.54 Å². The lowest BCUT2D eigenvalue weighted by molar-refractivity contribution is 0.257. The van der Waals surface area contributed by atoms with Crippen LogP contribution in [-0.2, 0) is 19.9 Å². The molecule has 3 rings (SSSR count). The van der Waals surface area contributed by atoms with Gasteiger partial charge in [0.2, 0.25) is 10.0 Å². The minimum absolute atomic E-state index is 0.0688. The van der Waals surface area contributed by atoms with Gasteiger partial charge >= 0.3 is 0 Å². The summed E-state index contributed by atoms with van der Waals surface area (Å²) in [4.78, 5) is 2.10. The Hall–Kier alpha value is -0.960. The van der Waals surface area contributed by atoms with Gasteiger partial charge in [0.15, 0.2) is 9.84 Å². The van der Waals surface area contributed by atoms with Crippen molar-refractivity contribution < 1.29 is 16.8 Å². The van der Waals surface area contributed by atoms with Gasteiger partial charge in [0.1, 0.15) is 4.90 Å². The maximum Gasteiger partial charge on any atom is 0.244 e. The van der Waals surface area contributed by atoms with Crippen LogP contribution in [0.5, 0.6) is 0 Å². The molecule has 134 valence electrons. The van der Waals surface area contributed by atoms with Crippen LogP contribution in [0.15, 0.2) is 34.1 Å². The Morgan fingerprint density at radius 2 is 1.58 bits per heavy atom. The maximum atomic E-state index is 13.1. The first-order valence-corrected chi connectivity index (χ1v) is 11.7. The Morgan fingerprint density at radius 1 is 0.958 bits per heavy atom. The van der Waals surface area contributed by atoms with E-state index in [0.717, 1.165) is 51.6 Å². The molecule has 0 spiro atoms. The van der Waals surface area contributed by atoms with Crippen molar-refractivity contribution in [2.24, 2.45) is 0 Å². The van der Waals surface area contributed by atoms with E-state index >= 15 is 0 Å². The highest BCUT2D eigenvalue weighted by molar-refractivity contribution is 7.93. The van der Waals surface area contributed by atoms with Crippen LogP contribution >= 0.6 is 0 Å². The summed E-state index contributed by atoms with van der Waals surface area (Å²) >= 11 is 0. The molecule has 1 aromatic carbocycles. The van der Waals surface area contributed by atoms with Gasteiger partial charge in [-0.25, -0.2) is 16.8 Å². The molecule has 2 heterocycles. The Kier molecular flexibility index (Phi) is 5.01. The molecule has 2 aliphatic heterocycles. The number of benzene rings is 1. The van der Waals surface area contributed by atoms with Crippen LogP contribution in [0.3, 0.4) is 0 Å². The Bertz CT molecular complexity index is 799. The van der Waals surface area contributed by atoms with E-state index in [-0.39, 0.29) is 15.8 Å². The van der Waals surface area contributed by atoms with Crippen molar-refractivity contribution in [2.45, 2.75) is 41.5 Å². The topological polar surface area (TPSA) is 74.8 Å². The fraction of sp³-hybridized carbons (Fsp3) is 0.625. The second kappa shape index (κ2) is 6.74. The maximum absolute atomic E-state index is 13.1. The van der Waals surface area contributed by atoms with Gasteiger partial charge in [-0.1, -0.05) is 12.1 Å². The van der Waals surface area contributed by atoms with Crippen molar-refractivity contribution in [1.82, 2.24) is 9.21 Å². The molecule has 2 aliphatic rings. The molecule has 1 aromatic rings. The standard InChI is InChI=1S/C16H24N2O4S2/c1-23(19,20)15-8-2-3-9-16(15)24(21,22)18-12-6-7-14(18)13-17-10-4-5-11-17/h2-3,8-9,14H,4-7,10-13H2,1H3. The van der Waals surface area contributed by atoms with Crippen molar-refractivity contribution in [2.75, 3.05) is 32.4 Å². The molecule has 2 saturated heterocycles. The van der Waals surface area contributed by atoms with E-state index in [1.807, 2.05) is 0 Å². The van der Waals surface area contributed by atoms with Gasteiger partial charge in [-0.05, 0) is 50.9 Å². The van der Waals surface area contributed by atoms with E-state index in [2.05, 4.69) is 4.90 Å². The summed E-state index contributed by atoms with van der Waals surface area (Å²) in [6.45, 7) is 3.23. The summed E-state index contributed by atoms with van der Waals surface area (Å²) < 4.78 is 51.7. The predicted octanol–water partition coefficient (Wildman–Crippen LogP) is 1.34. The third-order valence-corrected chi connectivity index (χ3v) is 8.12. The molecule has 0 radical (unpaired) electrons. The molecule has 0 saturated carbocycles. The molecule has 8 heteroatoms. The minimum Gasteiger partial charge on any atom is -0.302 e. The fourth-order valence-corrected chi connectivity index (χ4v) is 6.96. The van der Waals surface area contributed by atoms with Gasteiger partial charge in [-0.2, -0.15) is 4.31 Å². The number of hydrogen-bond acceptors (Lipinski definition) is 5. The lowest BCUT2D eigenvalue weighted by Crippen LogP contribution is -2.42. The third-order valence-electron chi connectivity index (χ3n) is 4.83. The summed E-state index contributed by atoms with van der Waals surface area (Å²) in [5, 5.41) is 0. The number of likely N-dealkylation sites (tertiary alicyclic amines) is 1. The number of sulfone groups is 1. The highest BCUT2D eigenvalue weighted by atomic mass is 32.2. The van der Waals surface area contributed by atoms with Crippen LogP contribution in [0.1, 0.15) is 25.7 Å². The third kappa shape index (κ3) is 3.51. The molecule has 6 nitrogen and oxygen atoms in total. The highest BCUT2D eigenvalue weighted by Crippen LogP contribution is 2.30. The normalized spacial score (nSPS) is 23.8. The van der Waals surface area contributed by atoms with E-state index in [4.69, 9.17) is 0 Å². The molecule has 0 bridgehead atoms. The summed E-state index contributed by atoms with van der Waals surface area (Å²) in [5.41, 5.74) is 0. The highest BCUT2D eigenvalue weighted by Gasteiger charge is 2.38. The Labute approximate surface area is 144 Å². The minimum atomic E-state index is -3.82. The van der Waals surface area contributed by atoms with Crippen LogP contribution in [0.4, 0.5) is 0 Å². The van der Waals surface area contributed by atoms with Crippen molar-refractivity contribution in [3.05, 3.63) is 24.3 Å². The molecule has 0 N–H and O–H groups in total. The van der Waals surface area contributed by atoms with Crippen LogP contribution in [0.2, 0.25) is 0 Å². The molecule has 0 aliphatic carbocycles. The quantitative estimate of drug-likeness (QED) is 0.780. The average Bonchev–Trinajstić information content (AvgIpc) is 3.19. The van der Waals surface area contributed by atoms with E-state index < -0.39 is 19.9 Å². The fourth-order valence-electron chi connectivity index (χ4n) is 3.67. The van der Waals surface area contributed by atoms with E-state index in [1.165, 1.54) is 16.4 Å². The predicted molar refractivity (Wildman–Crippen MR) is 92.1 cm³/mol. The largest absolute Gasteiger partial charge is 0.302 e. The zero-order chi connectivity index (χ0) is 17.4. The second-order valence-electron chi connectivity index (χ2n) is 6.64. The monoisotopic (exact) mass is 372 g/mol. The van der Waals surface area contributed by atoms with Gasteiger partial charge in [0.25, 0.3) is 0 Å². The number of nitrogens with zero attached hydrogens (tertiary/aromatic N) is 2. The van der Waals surface area contributed by atoms with Gasteiger partial charge < -0.3 is 4.90 Å². The van der Waals surface area contributed by atoms with Crippen molar-refractivity contribution >= 4 is 19.9 Å². The average molecular weight is 373 g/mol. The number of hydrogen-bond donors (Lipinski definition) is 0. The first-order chi connectivity index (χ1) is 11.3. The van der Waals surface area contributed by atoms with Crippen LogP contribution in [0, 0.1) is 0 Å². The van der Waals surface area contributed by atoms with Crippen molar-refractivity contribution in [3.63, 3.8) is 0 Å². The lowest BCUT2D eigenvalue weighted by Gasteiger charge is -2.28. The van der Waals surface area contributed by atoms with Crippen LogP contribution in [-0.4, -0.2) is 64.5 Å². The number of rotatable bonds is 5. The zero-order valence-electron chi connectivity index (χ0n) is 13.9. The summed E-state index contributed by atoms with van der Waals surface area (Å²) in [6.07, 6.45) is 5.02. The van der Waals surface area contributed by atoms with Gasteiger partial charge in [0, 0.05) is 25.4 Å². The molecule has 0 amide bonds. The molecule has 2 fully saturated rings. The Balaban J connectivity index is 1.92. The molecular formula is C16H24N2O4S2. The molecule has 1 atom stereocenters. The van der Waals surface area contributed by atoms with E-state index in [1.54, 1.807) is 12.1 Å². The van der Waals surface area contributed by atoms with Crippen molar-refractivity contribution in [3.8, 4) is 0 Å².